The van der Waals surface area contributed by atoms with E-state index in [1.54, 1.807) is 5.56 Å². The Hall–Kier alpha value is -5.40. The Morgan fingerprint density at radius 1 is 0.491 bits per heavy atom. The van der Waals surface area contributed by atoms with Gasteiger partial charge in [0.1, 0.15) is 0 Å². The summed E-state index contributed by atoms with van der Waals surface area (Å²) >= 11 is 0. The zero-order valence-electron chi connectivity index (χ0n) is 33.6. The Labute approximate surface area is 339 Å². The Kier molecular flexibility index (Phi) is 8.50. The van der Waals surface area contributed by atoms with Crippen LogP contribution in [0, 0.1) is 11.8 Å². The minimum atomic E-state index is -0.137. The molecule has 0 heterocycles. The summed E-state index contributed by atoms with van der Waals surface area (Å²) in [5.41, 5.74) is 17.3. The van der Waals surface area contributed by atoms with E-state index in [-0.39, 0.29) is 5.41 Å². The van der Waals surface area contributed by atoms with E-state index in [0.717, 1.165) is 11.8 Å². The van der Waals surface area contributed by atoms with Gasteiger partial charge in [0, 0.05) is 22.2 Å². The summed E-state index contributed by atoms with van der Waals surface area (Å²) in [5, 5.41) is 2.80. The number of hydrogen-bond donors (Lipinski definition) is 0. The molecule has 3 atom stereocenters. The molecule has 282 valence electrons. The van der Waals surface area contributed by atoms with Crippen LogP contribution < -0.4 is 4.90 Å². The minimum Gasteiger partial charge on any atom is -0.310 e. The largest absolute Gasteiger partial charge is 0.310 e. The van der Waals surface area contributed by atoms with Crippen LogP contribution in [-0.2, 0) is 5.41 Å². The van der Waals surface area contributed by atoms with Crippen molar-refractivity contribution in [3.63, 3.8) is 0 Å². The molecule has 3 unspecified atom stereocenters. The maximum absolute atomic E-state index is 2.57. The van der Waals surface area contributed by atoms with Gasteiger partial charge in [-0.3, -0.25) is 0 Å². The molecule has 1 heteroatoms. The second-order valence-electron chi connectivity index (χ2n) is 18.3. The van der Waals surface area contributed by atoms with Crippen molar-refractivity contribution in [3.8, 4) is 33.4 Å². The summed E-state index contributed by atoms with van der Waals surface area (Å²) in [6.45, 7) is 4.84. The predicted octanol–water partition coefficient (Wildman–Crippen LogP) is 15.9. The average Bonchev–Trinajstić information content (AvgIpc) is 3.97. The van der Waals surface area contributed by atoms with E-state index >= 15 is 0 Å². The van der Waals surface area contributed by atoms with Crippen molar-refractivity contribution < 1.29 is 0 Å². The van der Waals surface area contributed by atoms with Crippen molar-refractivity contribution in [2.45, 2.75) is 88.9 Å². The van der Waals surface area contributed by atoms with Crippen molar-refractivity contribution in [1.82, 2.24) is 0 Å². The molecule has 4 aliphatic rings. The first-order chi connectivity index (χ1) is 28.0. The zero-order valence-corrected chi connectivity index (χ0v) is 33.6. The first kappa shape index (κ1) is 34.8. The highest BCUT2D eigenvalue weighted by Gasteiger charge is 2.41. The summed E-state index contributed by atoms with van der Waals surface area (Å²) in [5.74, 6) is 3.15. The second kappa shape index (κ2) is 13.9. The molecule has 11 rings (SSSR count). The number of nitrogens with zero attached hydrogens (tertiary/aromatic N) is 1. The van der Waals surface area contributed by atoms with Gasteiger partial charge in [-0.15, -0.1) is 0 Å². The third kappa shape index (κ3) is 5.88. The van der Waals surface area contributed by atoms with Gasteiger partial charge in [-0.2, -0.15) is 0 Å². The van der Waals surface area contributed by atoms with Crippen LogP contribution in [0.3, 0.4) is 0 Å². The second-order valence-corrected chi connectivity index (χ2v) is 18.3. The molecule has 0 aliphatic heterocycles. The van der Waals surface area contributed by atoms with Gasteiger partial charge in [-0.25, -0.2) is 0 Å². The standard InChI is InChI=1S/C56H53N/c1-56(2)53-31-25-42(46-18-10-9-17-45(46)40-15-7-4-8-16-40)35-52(53)49-29-28-44(36-54(49)56)57(43-26-23-39(24-27-43)38-13-5-3-6-14-38)55-32-30-48(47-19-11-12-20-50(47)55)51-34-37-21-22-41(51)33-37/h4,7-12,15-20,23-32,35-38,41,51H,3,5-6,13-14,21-22,33-34H2,1-2H3. The van der Waals surface area contributed by atoms with Gasteiger partial charge in [0.25, 0.3) is 0 Å². The summed E-state index contributed by atoms with van der Waals surface area (Å²) < 4.78 is 0. The zero-order chi connectivity index (χ0) is 38.1. The molecule has 3 saturated carbocycles. The lowest BCUT2D eigenvalue weighted by molar-refractivity contribution is 0.422. The number of anilines is 3. The number of hydrogen-bond acceptors (Lipinski definition) is 1. The molecule has 2 bridgehead atoms. The predicted molar refractivity (Wildman–Crippen MR) is 241 cm³/mol. The molecule has 57 heavy (non-hydrogen) atoms. The van der Waals surface area contributed by atoms with E-state index < -0.39 is 0 Å². The number of fused-ring (bicyclic) bond motifs is 6. The lowest BCUT2D eigenvalue weighted by Gasteiger charge is -2.31. The highest BCUT2D eigenvalue weighted by atomic mass is 15.1. The highest BCUT2D eigenvalue weighted by Crippen LogP contribution is 2.56. The molecular weight excluding hydrogens is 687 g/mol. The average molecular weight is 740 g/mol. The monoisotopic (exact) mass is 739 g/mol. The fourth-order valence-electron chi connectivity index (χ4n) is 11.9. The minimum absolute atomic E-state index is 0.137. The molecule has 0 spiro atoms. The SMILES string of the molecule is CC1(C)c2ccc(-c3ccccc3-c3ccccc3)cc2-c2ccc(N(c3ccc(C4CCCCC4)cc3)c3ccc(C4CC5CCC4C5)c4ccccc34)cc21. The quantitative estimate of drug-likeness (QED) is 0.157. The third-order valence-electron chi connectivity index (χ3n) is 14.8. The smallest absolute Gasteiger partial charge is 0.0540 e. The van der Waals surface area contributed by atoms with Crippen LogP contribution in [0.25, 0.3) is 44.2 Å². The van der Waals surface area contributed by atoms with E-state index in [1.165, 1.54) is 136 Å². The lowest BCUT2D eigenvalue weighted by atomic mass is 9.81. The molecule has 0 radical (unpaired) electrons. The molecule has 0 aromatic heterocycles. The summed E-state index contributed by atoms with van der Waals surface area (Å²) in [7, 11) is 0. The number of benzene rings is 7. The van der Waals surface area contributed by atoms with Gasteiger partial charge in [0.15, 0.2) is 0 Å². The van der Waals surface area contributed by atoms with E-state index in [0.29, 0.717) is 11.8 Å². The van der Waals surface area contributed by atoms with Crippen molar-refractivity contribution in [3.05, 3.63) is 174 Å². The maximum atomic E-state index is 2.57. The fourth-order valence-corrected chi connectivity index (χ4v) is 11.9. The van der Waals surface area contributed by atoms with Crippen LogP contribution in [0.2, 0.25) is 0 Å². The van der Waals surface area contributed by atoms with Gasteiger partial charge >= 0.3 is 0 Å². The van der Waals surface area contributed by atoms with Crippen molar-refractivity contribution in [2.24, 2.45) is 11.8 Å². The van der Waals surface area contributed by atoms with Crippen LogP contribution in [0.5, 0.6) is 0 Å². The summed E-state index contributed by atoms with van der Waals surface area (Å²) in [6, 6.07) is 58.1. The van der Waals surface area contributed by atoms with Crippen LogP contribution in [0.4, 0.5) is 17.1 Å². The van der Waals surface area contributed by atoms with Crippen LogP contribution in [0.15, 0.2) is 152 Å². The molecule has 0 saturated heterocycles. The first-order valence-corrected chi connectivity index (χ1v) is 21.9. The molecule has 7 aromatic carbocycles. The van der Waals surface area contributed by atoms with Crippen LogP contribution >= 0.6 is 0 Å². The highest BCUT2D eigenvalue weighted by molar-refractivity contribution is 6.01. The van der Waals surface area contributed by atoms with Crippen LogP contribution in [0.1, 0.15) is 106 Å². The van der Waals surface area contributed by atoms with Crippen molar-refractivity contribution >= 4 is 27.8 Å². The van der Waals surface area contributed by atoms with Crippen molar-refractivity contribution in [1.29, 1.82) is 0 Å². The normalized spacial score (nSPS) is 20.8. The lowest BCUT2D eigenvalue weighted by Crippen LogP contribution is -2.17. The Morgan fingerprint density at radius 2 is 1.21 bits per heavy atom. The Morgan fingerprint density at radius 3 is 1.96 bits per heavy atom. The molecule has 4 aliphatic carbocycles. The van der Waals surface area contributed by atoms with E-state index in [4.69, 9.17) is 0 Å². The maximum Gasteiger partial charge on any atom is 0.0540 e. The van der Waals surface area contributed by atoms with Gasteiger partial charge < -0.3 is 4.90 Å². The third-order valence-corrected chi connectivity index (χ3v) is 14.8. The van der Waals surface area contributed by atoms with Gasteiger partial charge in [-0.1, -0.05) is 155 Å². The first-order valence-electron chi connectivity index (χ1n) is 21.9. The molecule has 7 aromatic rings. The Bertz CT molecular complexity index is 2610. The topological polar surface area (TPSA) is 3.24 Å². The van der Waals surface area contributed by atoms with E-state index in [1.807, 2.05) is 0 Å². The van der Waals surface area contributed by atoms with E-state index in [2.05, 4.69) is 170 Å². The molecule has 0 N–H and O–H groups in total. The number of rotatable bonds is 7. The molecule has 3 fully saturated rings. The van der Waals surface area contributed by atoms with Gasteiger partial charge in [0.05, 0.1) is 5.69 Å². The molecule has 1 nitrogen and oxygen atoms in total. The summed E-state index contributed by atoms with van der Waals surface area (Å²) in [4.78, 5) is 2.57. The van der Waals surface area contributed by atoms with Crippen molar-refractivity contribution in [2.75, 3.05) is 4.90 Å². The summed E-state index contributed by atoms with van der Waals surface area (Å²) in [6.07, 6.45) is 12.4. The van der Waals surface area contributed by atoms with Gasteiger partial charge in [0.2, 0.25) is 0 Å². The fraction of sp³-hybridized carbons (Fsp3) is 0.286. The Balaban J connectivity index is 1.04. The molecular formula is C56H53N. The van der Waals surface area contributed by atoms with E-state index in [9.17, 15) is 0 Å². The van der Waals surface area contributed by atoms with Crippen LogP contribution in [-0.4, -0.2) is 0 Å². The van der Waals surface area contributed by atoms with Gasteiger partial charge in [-0.05, 0) is 153 Å². The molecule has 0 amide bonds.